The zero-order valence-corrected chi connectivity index (χ0v) is 14.8. The predicted octanol–water partition coefficient (Wildman–Crippen LogP) is 4.83. The molecule has 2 atom stereocenters. The summed E-state index contributed by atoms with van der Waals surface area (Å²) < 4.78 is 39.2. The molecule has 0 aromatic heterocycles. The van der Waals surface area contributed by atoms with Gasteiger partial charge < -0.3 is 5.11 Å². The van der Waals surface area contributed by atoms with Crippen molar-refractivity contribution in [3.05, 3.63) is 71.3 Å². The number of hydrogen-bond donors (Lipinski definition) is 1. The Bertz CT molecular complexity index is 732. The van der Waals surface area contributed by atoms with Gasteiger partial charge in [0.15, 0.2) is 0 Å². The first-order valence-corrected chi connectivity index (χ1v) is 8.99. The Morgan fingerprint density at radius 3 is 2.38 bits per heavy atom. The van der Waals surface area contributed by atoms with Crippen LogP contribution in [0.2, 0.25) is 0 Å². The average molecular weight is 363 g/mol. The summed E-state index contributed by atoms with van der Waals surface area (Å²) in [5, 5.41) is 11.3. The van der Waals surface area contributed by atoms with Gasteiger partial charge in [0.1, 0.15) is 0 Å². The summed E-state index contributed by atoms with van der Waals surface area (Å²) in [5.74, 6) is -0.0836. The second kappa shape index (κ2) is 7.41. The third kappa shape index (κ3) is 3.94. The van der Waals surface area contributed by atoms with Crippen LogP contribution in [0.15, 0.2) is 54.6 Å². The van der Waals surface area contributed by atoms with Crippen molar-refractivity contribution in [2.45, 2.75) is 38.1 Å². The third-order valence-electron chi connectivity index (χ3n) is 5.43. The van der Waals surface area contributed by atoms with E-state index >= 15 is 0 Å². The topological polar surface area (TPSA) is 23.5 Å². The number of aliphatic hydroxyl groups is 1. The van der Waals surface area contributed by atoms with Crippen LogP contribution in [0.5, 0.6) is 0 Å². The van der Waals surface area contributed by atoms with E-state index in [1.54, 1.807) is 6.07 Å². The van der Waals surface area contributed by atoms with E-state index in [-0.39, 0.29) is 5.92 Å². The molecule has 0 aliphatic carbocycles. The van der Waals surface area contributed by atoms with Gasteiger partial charge in [0, 0.05) is 19.0 Å². The molecule has 0 radical (unpaired) electrons. The number of halogens is 3. The molecule has 140 valence electrons. The quantitative estimate of drug-likeness (QED) is 0.823. The van der Waals surface area contributed by atoms with E-state index in [9.17, 15) is 18.3 Å². The van der Waals surface area contributed by atoms with Crippen molar-refractivity contribution < 1.29 is 18.3 Å². The molecule has 0 amide bonds. The van der Waals surface area contributed by atoms with Gasteiger partial charge in [0.2, 0.25) is 0 Å². The van der Waals surface area contributed by atoms with Crippen LogP contribution < -0.4 is 0 Å². The van der Waals surface area contributed by atoms with Gasteiger partial charge in [-0.1, -0.05) is 49.4 Å². The number of likely N-dealkylation sites (tertiary alicyclic amines) is 1. The zero-order chi connectivity index (χ0) is 18.8. The molecule has 1 aliphatic rings. The summed E-state index contributed by atoms with van der Waals surface area (Å²) in [4.78, 5) is 2.26. The van der Waals surface area contributed by atoms with Crippen molar-refractivity contribution in [2.75, 3.05) is 13.1 Å². The molecular formula is C21H24F3NO. The summed E-state index contributed by atoms with van der Waals surface area (Å²) in [7, 11) is 0. The normalized spacial score (nSPS) is 20.9. The lowest BCUT2D eigenvalue weighted by molar-refractivity contribution is -0.137. The second-order valence-corrected chi connectivity index (χ2v) is 7.06. The molecule has 0 spiro atoms. The van der Waals surface area contributed by atoms with Crippen molar-refractivity contribution in [2.24, 2.45) is 5.92 Å². The van der Waals surface area contributed by atoms with Gasteiger partial charge >= 0.3 is 6.18 Å². The van der Waals surface area contributed by atoms with E-state index in [0.717, 1.165) is 31.6 Å². The minimum Gasteiger partial charge on any atom is -0.385 e. The summed E-state index contributed by atoms with van der Waals surface area (Å²) in [6.45, 7) is 4.14. The molecular weight excluding hydrogens is 339 g/mol. The van der Waals surface area contributed by atoms with Crippen LogP contribution in [-0.4, -0.2) is 23.1 Å². The van der Waals surface area contributed by atoms with Gasteiger partial charge in [-0.15, -0.1) is 0 Å². The van der Waals surface area contributed by atoms with Crippen LogP contribution >= 0.6 is 0 Å². The molecule has 1 fully saturated rings. The van der Waals surface area contributed by atoms with E-state index in [2.05, 4.69) is 17.0 Å². The van der Waals surface area contributed by atoms with Crippen molar-refractivity contribution in [1.82, 2.24) is 4.90 Å². The Morgan fingerprint density at radius 2 is 1.73 bits per heavy atom. The van der Waals surface area contributed by atoms with Crippen molar-refractivity contribution >= 4 is 0 Å². The molecule has 1 aliphatic heterocycles. The Morgan fingerprint density at radius 1 is 1.04 bits per heavy atom. The van der Waals surface area contributed by atoms with Gasteiger partial charge in [0.25, 0.3) is 0 Å². The predicted molar refractivity (Wildman–Crippen MR) is 95.5 cm³/mol. The number of rotatable bonds is 5. The summed E-state index contributed by atoms with van der Waals surface area (Å²) in [6, 6.07) is 15.2. The largest absolute Gasteiger partial charge is 0.416 e. The van der Waals surface area contributed by atoms with Gasteiger partial charge in [-0.05, 0) is 42.6 Å². The minimum atomic E-state index is -4.40. The van der Waals surface area contributed by atoms with Gasteiger partial charge in [0.05, 0.1) is 11.2 Å². The molecule has 1 heterocycles. The molecule has 0 unspecified atom stereocenters. The maximum Gasteiger partial charge on any atom is 0.416 e. The van der Waals surface area contributed by atoms with Crippen molar-refractivity contribution in [3.63, 3.8) is 0 Å². The lowest BCUT2D eigenvalue weighted by Gasteiger charge is -2.34. The third-order valence-corrected chi connectivity index (χ3v) is 5.43. The molecule has 0 bridgehead atoms. The summed E-state index contributed by atoms with van der Waals surface area (Å²) in [5.41, 5.74) is -0.387. The highest BCUT2D eigenvalue weighted by atomic mass is 19.4. The number of alkyl halides is 3. The number of hydrogen-bond acceptors (Lipinski definition) is 2. The standard InChI is InChI=1S/C21H24F3NO/c1-2-20(26,17-9-6-10-18(13-17)21(22,23)24)19-11-12-25(15-19)14-16-7-4-3-5-8-16/h3-10,13,19,26H,2,11-12,14-15H2,1H3/t19-,20-/m1/s1. The second-order valence-electron chi connectivity index (χ2n) is 7.06. The Balaban J connectivity index is 1.78. The smallest absolute Gasteiger partial charge is 0.385 e. The van der Waals surface area contributed by atoms with Crippen molar-refractivity contribution in [1.29, 1.82) is 0 Å². The van der Waals surface area contributed by atoms with E-state index < -0.39 is 17.3 Å². The van der Waals surface area contributed by atoms with Crippen molar-refractivity contribution in [3.8, 4) is 0 Å². The van der Waals surface area contributed by atoms with Gasteiger partial charge in [-0.25, -0.2) is 0 Å². The fraction of sp³-hybridized carbons (Fsp3) is 0.429. The summed E-state index contributed by atoms with van der Waals surface area (Å²) in [6.07, 6.45) is -3.24. The number of nitrogens with zero attached hydrogens (tertiary/aromatic N) is 1. The first-order valence-electron chi connectivity index (χ1n) is 8.99. The molecule has 2 nitrogen and oxygen atoms in total. The van der Waals surface area contributed by atoms with Crippen LogP contribution in [0, 0.1) is 5.92 Å². The highest BCUT2D eigenvalue weighted by Gasteiger charge is 2.42. The van der Waals surface area contributed by atoms with E-state index in [0.29, 0.717) is 18.5 Å². The van der Waals surface area contributed by atoms with Crippen LogP contribution in [0.4, 0.5) is 13.2 Å². The molecule has 1 N–H and O–H groups in total. The monoisotopic (exact) mass is 363 g/mol. The van der Waals surface area contributed by atoms with Gasteiger partial charge in [-0.3, -0.25) is 4.90 Å². The Labute approximate surface area is 152 Å². The van der Waals surface area contributed by atoms with Crippen LogP contribution in [0.1, 0.15) is 36.5 Å². The number of benzene rings is 2. The van der Waals surface area contributed by atoms with E-state index in [4.69, 9.17) is 0 Å². The van der Waals surface area contributed by atoms with E-state index in [1.807, 2.05) is 25.1 Å². The highest BCUT2D eigenvalue weighted by Crippen LogP contribution is 2.40. The molecule has 3 rings (SSSR count). The van der Waals surface area contributed by atoms with Gasteiger partial charge in [-0.2, -0.15) is 13.2 Å². The lowest BCUT2D eigenvalue weighted by Crippen LogP contribution is -2.36. The SMILES string of the molecule is CC[C@@](O)(c1cccc(C(F)(F)F)c1)[C@@H]1CCN(Cc2ccccc2)C1. The first kappa shape index (κ1) is 18.9. The minimum absolute atomic E-state index is 0.0836. The maximum atomic E-state index is 13.1. The molecule has 2 aromatic carbocycles. The van der Waals surface area contributed by atoms with Crippen LogP contribution in [0.3, 0.4) is 0 Å². The average Bonchev–Trinajstić information content (AvgIpc) is 3.10. The molecule has 2 aromatic rings. The van der Waals surface area contributed by atoms with E-state index in [1.165, 1.54) is 11.6 Å². The van der Waals surface area contributed by atoms with Crippen LogP contribution in [-0.2, 0) is 18.3 Å². The highest BCUT2D eigenvalue weighted by molar-refractivity contribution is 5.31. The first-order chi connectivity index (χ1) is 12.3. The Kier molecular flexibility index (Phi) is 5.39. The van der Waals surface area contributed by atoms with Crippen LogP contribution in [0.25, 0.3) is 0 Å². The molecule has 26 heavy (non-hydrogen) atoms. The molecule has 0 saturated carbocycles. The summed E-state index contributed by atoms with van der Waals surface area (Å²) >= 11 is 0. The zero-order valence-electron chi connectivity index (χ0n) is 14.8. The fourth-order valence-electron chi connectivity index (χ4n) is 3.90. The molecule has 5 heteroatoms. The molecule has 1 saturated heterocycles. The lowest BCUT2D eigenvalue weighted by atomic mass is 9.78. The fourth-order valence-corrected chi connectivity index (χ4v) is 3.90. The Hall–Kier alpha value is -1.85. The maximum absolute atomic E-state index is 13.1.